The van der Waals surface area contributed by atoms with Gasteiger partial charge in [-0.3, -0.25) is 4.79 Å². The van der Waals surface area contributed by atoms with E-state index in [2.05, 4.69) is 18.0 Å². The third kappa shape index (κ3) is 4.48. The van der Waals surface area contributed by atoms with E-state index in [0.29, 0.717) is 46.9 Å². The maximum atomic E-state index is 12.2. The molecule has 2 aromatic rings. The number of rotatable bonds is 9. The van der Waals surface area contributed by atoms with Crippen LogP contribution >= 0.6 is 11.6 Å². The molecule has 0 fully saturated rings. The lowest BCUT2D eigenvalue weighted by molar-refractivity contribution is -0.125. The standard InChI is InChI=1S/C21H21ClN2O3/c1-4-6-16-11-17(22)12-19(20(16)27-5-2)21(14-25,26-3)24-18-9-7-15(13-23)8-10-18/h4,7-12,14,24H,1,5-6H2,2-3H3. The molecule has 0 aromatic heterocycles. The zero-order valence-electron chi connectivity index (χ0n) is 15.3. The Morgan fingerprint density at radius 1 is 1.33 bits per heavy atom. The topological polar surface area (TPSA) is 71.4 Å². The van der Waals surface area contributed by atoms with E-state index in [1.165, 1.54) is 7.11 Å². The molecule has 2 rings (SSSR count). The van der Waals surface area contributed by atoms with Crippen LogP contribution in [0, 0.1) is 11.3 Å². The largest absolute Gasteiger partial charge is 0.493 e. The molecule has 2 aromatic carbocycles. The van der Waals surface area contributed by atoms with Crippen LogP contribution in [0.25, 0.3) is 0 Å². The zero-order chi connectivity index (χ0) is 19.9. The van der Waals surface area contributed by atoms with Crippen molar-refractivity contribution in [2.45, 2.75) is 19.1 Å². The summed E-state index contributed by atoms with van der Waals surface area (Å²) in [5, 5.41) is 12.5. The first-order valence-corrected chi connectivity index (χ1v) is 8.77. The molecule has 6 heteroatoms. The van der Waals surface area contributed by atoms with Gasteiger partial charge in [0.05, 0.1) is 23.8 Å². The lowest BCUT2D eigenvalue weighted by atomic mass is 9.97. The monoisotopic (exact) mass is 384 g/mol. The molecule has 0 aliphatic carbocycles. The van der Waals surface area contributed by atoms with Crippen LogP contribution in [0.4, 0.5) is 5.69 Å². The number of nitrogens with zero attached hydrogens (tertiary/aromatic N) is 1. The summed E-state index contributed by atoms with van der Waals surface area (Å²) in [6, 6.07) is 12.2. The smallest absolute Gasteiger partial charge is 0.225 e. The predicted octanol–water partition coefficient (Wildman–Crippen LogP) is 4.45. The number of allylic oxidation sites excluding steroid dienone is 1. The highest BCUT2D eigenvalue weighted by molar-refractivity contribution is 6.30. The highest BCUT2D eigenvalue weighted by atomic mass is 35.5. The molecule has 140 valence electrons. The van der Waals surface area contributed by atoms with Crippen molar-refractivity contribution in [3.8, 4) is 11.8 Å². The Hall–Kier alpha value is -2.81. The quantitative estimate of drug-likeness (QED) is 0.393. The molecule has 0 amide bonds. The first kappa shape index (κ1) is 20.5. The number of nitrogens with one attached hydrogen (secondary N) is 1. The van der Waals surface area contributed by atoms with Crippen LogP contribution < -0.4 is 10.1 Å². The van der Waals surface area contributed by atoms with Crippen molar-refractivity contribution >= 4 is 23.6 Å². The molecular formula is C21H21ClN2O3. The molecule has 1 N–H and O–H groups in total. The first-order chi connectivity index (χ1) is 13.0. The molecule has 1 unspecified atom stereocenters. The summed E-state index contributed by atoms with van der Waals surface area (Å²) in [5.41, 5.74) is 0.880. The van der Waals surface area contributed by atoms with Crippen LogP contribution in [0.3, 0.4) is 0 Å². The number of aldehydes is 1. The fraction of sp³-hybridized carbons (Fsp3) is 0.238. The van der Waals surface area contributed by atoms with Gasteiger partial charge < -0.3 is 14.8 Å². The first-order valence-electron chi connectivity index (χ1n) is 8.40. The van der Waals surface area contributed by atoms with Gasteiger partial charge in [-0.2, -0.15) is 5.26 Å². The summed E-state index contributed by atoms with van der Waals surface area (Å²) in [6.45, 7) is 6.03. The Kier molecular flexibility index (Phi) is 7.00. The molecular weight excluding hydrogens is 364 g/mol. The summed E-state index contributed by atoms with van der Waals surface area (Å²) in [5.74, 6) is 0.525. The van der Waals surface area contributed by atoms with E-state index in [-0.39, 0.29) is 0 Å². The summed E-state index contributed by atoms with van der Waals surface area (Å²) >= 11 is 6.30. The number of anilines is 1. The van der Waals surface area contributed by atoms with Gasteiger partial charge in [0, 0.05) is 17.8 Å². The maximum absolute atomic E-state index is 12.2. The number of hydrogen-bond acceptors (Lipinski definition) is 5. The van der Waals surface area contributed by atoms with Crippen molar-refractivity contribution in [3.05, 3.63) is 70.8 Å². The number of hydrogen-bond donors (Lipinski definition) is 1. The lowest BCUT2D eigenvalue weighted by Crippen LogP contribution is -2.39. The number of carbonyl (C=O) groups excluding carboxylic acids is 1. The molecule has 27 heavy (non-hydrogen) atoms. The van der Waals surface area contributed by atoms with Gasteiger partial charge in [0.25, 0.3) is 0 Å². The van der Waals surface area contributed by atoms with Gasteiger partial charge in [0.2, 0.25) is 5.72 Å². The van der Waals surface area contributed by atoms with E-state index in [1.807, 2.05) is 6.92 Å². The molecule has 0 aliphatic heterocycles. The van der Waals surface area contributed by atoms with Crippen molar-refractivity contribution < 1.29 is 14.3 Å². The van der Waals surface area contributed by atoms with E-state index in [0.717, 1.165) is 5.56 Å². The van der Waals surface area contributed by atoms with Gasteiger partial charge in [-0.1, -0.05) is 17.7 Å². The molecule has 0 saturated heterocycles. The van der Waals surface area contributed by atoms with Crippen molar-refractivity contribution in [1.82, 2.24) is 0 Å². The Balaban J connectivity index is 2.61. The number of carbonyl (C=O) groups is 1. The van der Waals surface area contributed by atoms with Crippen molar-refractivity contribution in [2.75, 3.05) is 19.0 Å². The molecule has 5 nitrogen and oxygen atoms in total. The number of halogens is 1. The fourth-order valence-electron chi connectivity index (χ4n) is 2.76. The van der Waals surface area contributed by atoms with Gasteiger partial charge >= 0.3 is 0 Å². The van der Waals surface area contributed by atoms with Gasteiger partial charge in [-0.25, -0.2) is 0 Å². The molecule has 0 heterocycles. The summed E-state index contributed by atoms with van der Waals surface area (Å²) < 4.78 is 11.4. The van der Waals surface area contributed by atoms with Crippen molar-refractivity contribution in [1.29, 1.82) is 5.26 Å². The van der Waals surface area contributed by atoms with Crippen LogP contribution in [0.5, 0.6) is 5.75 Å². The normalized spacial score (nSPS) is 12.5. The number of nitriles is 1. The van der Waals surface area contributed by atoms with Crippen molar-refractivity contribution in [2.24, 2.45) is 0 Å². The van der Waals surface area contributed by atoms with Crippen molar-refractivity contribution in [3.63, 3.8) is 0 Å². The van der Waals surface area contributed by atoms with Gasteiger partial charge in [-0.15, -0.1) is 6.58 Å². The molecule has 0 radical (unpaired) electrons. The Bertz CT molecular complexity index is 859. The van der Waals surface area contributed by atoms with Crippen LogP contribution in [-0.4, -0.2) is 20.0 Å². The summed E-state index contributed by atoms with van der Waals surface area (Å²) in [4.78, 5) is 12.2. The Labute approximate surface area is 164 Å². The minimum atomic E-state index is -1.51. The molecule has 1 atom stereocenters. The molecule has 0 aliphatic rings. The summed E-state index contributed by atoms with van der Waals surface area (Å²) in [6.07, 6.45) is 2.93. The van der Waals surface area contributed by atoms with Crippen LogP contribution in [0.15, 0.2) is 49.1 Å². The molecule has 0 bridgehead atoms. The van der Waals surface area contributed by atoms with Gasteiger partial charge in [0.15, 0.2) is 6.29 Å². The average Bonchev–Trinajstić information content (AvgIpc) is 2.69. The lowest BCUT2D eigenvalue weighted by Gasteiger charge is -2.31. The van der Waals surface area contributed by atoms with E-state index in [9.17, 15) is 4.79 Å². The number of ether oxygens (including phenoxy) is 2. The van der Waals surface area contributed by atoms with Crippen LogP contribution in [0.1, 0.15) is 23.6 Å². The zero-order valence-corrected chi connectivity index (χ0v) is 16.0. The van der Waals surface area contributed by atoms with Gasteiger partial charge in [-0.05, 0) is 55.3 Å². The summed E-state index contributed by atoms with van der Waals surface area (Å²) in [7, 11) is 1.43. The number of methoxy groups -OCH3 is 1. The third-order valence-electron chi connectivity index (χ3n) is 4.02. The van der Waals surface area contributed by atoms with Crippen LogP contribution in [-0.2, 0) is 21.7 Å². The predicted molar refractivity (Wildman–Crippen MR) is 106 cm³/mol. The van der Waals surface area contributed by atoms with Gasteiger partial charge in [0.1, 0.15) is 5.75 Å². The Morgan fingerprint density at radius 3 is 2.56 bits per heavy atom. The second-order valence-electron chi connectivity index (χ2n) is 5.74. The minimum absolute atomic E-state index is 0.411. The number of benzene rings is 2. The fourth-order valence-corrected chi connectivity index (χ4v) is 3.00. The Morgan fingerprint density at radius 2 is 2.04 bits per heavy atom. The van der Waals surface area contributed by atoms with E-state index in [4.69, 9.17) is 26.3 Å². The minimum Gasteiger partial charge on any atom is -0.493 e. The maximum Gasteiger partial charge on any atom is 0.225 e. The van der Waals surface area contributed by atoms with E-state index >= 15 is 0 Å². The highest BCUT2D eigenvalue weighted by Crippen LogP contribution is 2.38. The van der Waals surface area contributed by atoms with E-state index in [1.54, 1.807) is 42.5 Å². The SMILES string of the molecule is C=CCc1cc(Cl)cc(C(C=O)(Nc2ccc(C#N)cc2)OC)c1OCC. The van der Waals surface area contributed by atoms with E-state index < -0.39 is 5.72 Å². The second kappa shape index (κ2) is 9.22. The molecule has 0 saturated carbocycles. The third-order valence-corrected chi connectivity index (χ3v) is 4.23. The highest BCUT2D eigenvalue weighted by Gasteiger charge is 2.36. The average molecular weight is 385 g/mol. The second-order valence-corrected chi connectivity index (χ2v) is 6.18. The van der Waals surface area contributed by atoms with Crippen LogP contribution in [0.2, 0.25) is 5.02 Å². The molecule has 0 spiro atoms.